The van der Waals surface area contributed by atoms with Crippen molar-refractivity contribution in [2.75, 3.05) is 25.3 Å². The SMILES string of the molecule is COc1cc2nc(SCC(=O)Nc3ccc(C(C)C)cc3)n3nc(-c4ccc([N+](=O)[O-])cc4)nc3c2cc1OC. The van der Waals surface area contributed by atoms with Gasteiger partial charge in [0, 0.05) is 34.8 Å². The highest BCUT2D eigenvalue weighted by Gasteiger charge is 2.19. The molecule has 0 fully saturated rings. The summed E-state index contributed by atoms with van der Waals surface area (Å²) in [5, 5.41) is 19.8. The smallest absolute Gasteiger partial charge is 0.269 e. The fourth-order valence-electron chi connectivity index (χ4n) is 4.14. The first-order valence-electron chi connectivity index (χ1n) is 12.4. The van der Waals surface area contributed by atoms with E-state index in [4.69, 9.17) is 19.4 Å². The molecule has 5 rings (SSSR count). The first-order valence-corrected chi connectivity index (χ1v) is 13.4. The highest BCUT2D eigenvalue weighted by atomic mass is 32.2. The zero-order chi connectivity index (χ0) is 28.4. The fraction of sp³-hybridized carbons (Fsp3) is 0.214. The molecule has 0 bridgehead atoms. The van der Waals surface area contributed by atoms with E-state index in [1.165, 1.54) is 29.5 Å². The number of methoxy groups -OCH3 is 2. The van der Waals surface area contributed by atoms with Crippen LogP contribution in [0.4, 0.5) is 11.4 Å². The largest absolute Gasteiger partial charge is 0.493 e. The van der Waals surface area contributed by atoms with E-state index in [9.17, 15) is 14.9 Å². The summed E-state index contributed by atoms with van der Waals surface area (Å²) in [7, 11) is 3.08. The normalized spacial score (nSPS) is 11.2. The summed E-state index contributed by atoms with van der Waals surface area (Å²) in [6.45, 7) is 4.23. The fourth-order valence-corrected chi connectivity index (χ4v) is 4.88. The molecule has 1 amide bonds. The minimum absolute atomic E-state index is 0.0300. The highest BCUT2D eigenvalue weighted by Crippen LogP contribution is 2.35. The van der Waals surface area contributed by atoms with Crippen LogP contribution in [0, 0.1) is 10.1 Å². The summed E-state index contributed by atoms with van der Waals surface area (Å²) in [6.07, 6.45) is 0. The number of benzene rings is 3. The molecule has 0 aliphatic rings. The molecule has 2 heterocycles. The number of anilines is 1. The molecule has 204 valence electrons. The van der Waals surface area contributed by atoms with Gasteiger partial charge in [-0.25, -0.2) is 9.97 Å². The van der Waals surface area contributed by atoms with Crippen molar-refractivity contribution >= 4 is 45.6 Å². The molecule has 0 radical (unpaired) electrons. The summed E-state index contributed by atoms with van der Waals surface area (Å²) in [6, 6.07) is 17.3. The van der Waals surface area contributed by atoms with E-state index in [2.05, 4.69) is 24.3 Å². The average Bonchev–Trinajstić information content (AvgIpc) is 3.41. The van der Waals surface area contributed by atoms with Gasteiger partial charge in [-0.3, -0.25) is 14.9 Å². The predicted molar refractivity (Wildman–Crippen MR) is 153 cm³/mol. The van der Waals surface area contributed by atoms with E-state index < -0.39 is 4.92 Å². The van der Waals surface area contributed by atoms with E-state index >= 15 is 0 Å². The molecule has 12 heteroatoms. The number of hydrogen-bond donors (Lipinski definition) is 1. The Morgan fingerprint density at radius 1 is 1.02 bits per heavy atom. The van der Waals surface area contributed by atoms with Crippen LogP contribution in [0.1, 0.15) is 25.3 Å². The second-order valence-corrected chi connectivity index (χ2v) is 10.1. The third kappa shape index (κ3) is 5.38. The Morgan fingerprint density at radius 3 is 2.33 bits per heavy atom. The summed E-state index contributed by atoms with van der Waals surface area (Å²) in [5.74, 6) is 1.65. The standard InChI is InChI=1S/C28H26N6O5S/c1-16(2)17-5-9-19(10-6-17)29-25(35)15-40-28-30-22-14-24(39-4)23(38-3)13-21(22)27-31-26(32-33(27)28)18-7-11-20(12-8-18)34(36)37/h5-14,16H,15H2,1-4H3,(H,29,35). The average molecular weight is 559 g/mol. The van der Waals surface area contributed by atoms with Gasteiger partial charge in [-0.15, -0.1) is 5.10 Å². The number of nitro benzene ring substituents is 1. The van der Waals surface area contributed by atoms with Crippen LogP contribution in [0.2, 0.25) is 0 Å². The maximum Gasteiger partial charge on any atom is 0.269 e. The van der Waals surface area contributed by atoms with Crippen LogP contribution in [0.15, 0.2) is 65.8 Å². The topological polar surface area (TPSA) is 134 Å². The second-order valence-electron chi connectivity index (χ2n) is 9.21. The molecule has 0 saturated carbocycles. The van der Waals surface area contributed by atoms with Crippen molar-refractivity contribution in [1.29, 1.82) is 0 Å². The lowest BCUT2D eigenvalue weighted by atomic mass is 10.0. The molecule has 0 atom stereocenters. The number of rotatable bonds is 9. The lowest BCUT2D eigenvalue weighted by Gasteiger charge is -2.11. The molecular weight excluding hydrogens is 532 g/mol. The minimum atomic E-state index is -0.462. The van der Waals surface area contributed by atoms with Gasteiger partial charge in [-0.05, 0) is 41.8 Å². The number of thioether (sulfide) groups is 1. The van der Waals surface area contributed by atoms with Gasteiger partial charge in [0.05, 0.1) is 30.4 Å². The summed E-state index contributed by atoms with van der Waals surface area (Å²) in [5.41, 5.74) is 3.55. The zero-order valence-electron chi connectivity index (χ0n) is 22.2. The summed E-state index contributed by atoms with van der Waals surface area (Å²) < 4.78 is 12.5. The number of carbonyl (C=O) groups is 1. The minimum Gasteiger partial charge on any atom is -0.493 e. The molecule has 0 aliphatic carbocycles. The van der Waals surface area contributed by atoms with Gasteiger partial charge in [0.15, 0.2) is 28.1 Å². The van der Waals surface area contributed by atoms with Crippen molar-refractivity contribution in [1.82, 2.24) is 19.6 Å². The van der Waals surface area contributed by atoms with Gasteiger partial charge < -0.3 is 14.8 Å². The van der Waals surface area contributed by atoms with Crippen molar-refractivity contribution < 1.29 is 19.2 Å². The third-order valence-corrected chi connectivity index (χ3v) is 7.21. The number of aromatic nitrogens is 4. The number of amides is 1. The van der Waals surface area contributed by atoms with Crippen LogP contribution < -0.4 is 14.8 Å². The van der Waals surface area contributed by atoms with Crippen LogP contribution in [-0.4, -0.2) is 50.4 Å². The number of non-ortho nitro benzene ring substituents is 1. The van der Waals surface area contributed by atoms with Crippen molar-refractivity contribution in [2.24, 2.45) is 0 Å². The lowest BCUT2D eigenvalue weighted by Crippen LogP contribution is -2.14. The van der Waals surface area contributed by atoms with Crippen molar-refractivity contribution in [3.63, 3.8) is 0 Å². The maximum absolute atomic E-state index is 12.8. The van der Waals surface area contributed by atoms with E-state index in [1.54, 1.807) is 43.0 Å². The Balaban J connectivity index is 1.50. The van der Waals surface area contributed by atoms with Gasteiger partial charge in [-0.1, -0.05) is 37.7 Å². The maximum atomic E-state index is 12.8. The van der Waals surface area contributed by atoms with Gasteiger partial charge in [-0.2, -0.15) is 4.52 Å². The second kappa shape index (κ2) is 11.2. The molecule has 11 nitrogen and oxygen atoms in total. The van der Waals surface area contributed by atoms with Gasteiger partial charge in [0.1, 0.15) is 0 Å². The quantitative estimate of drug-likeness (QED) is 0.104. The van der Waals surface area contributed by atoms with Gasteiger partial charge >= 0.3 is 0 Å². The zero-order valence-corrected chi connectivity index (χ0v) is 23.1. The molecule has 3 aromatic carbocycles. The van der Waals surface area contributed by atoms with Crippen molar-refractivity contribution in [2.45, 2.75) is 24.9 Å². The Labute approximate surface area is 233 Å². The summed E-state index contributed by atoms with van der Waals surface area (Å²) >= 11 is 1.21. The molecule has 0 aliphatic heterocycles. The third-order valence-electron chi connectivity index (χ3n) is 6.28. The number of carbonyl (C=O) groups excluding carboxylic acids is 1. The van der Waals surface area contributed by atoms with Gasteiger partial charge in [0.2, 0.25) is 5.91 Å². The first kappa shape index (κ1) is 26.9. The molecule has 0 saturated heterocycles. The number of nitrogens with zero attached hydrogens (tertiary/aromatic N) is 5. The van der Waals surface area contributed by atoms with Crippen LogP contribution in [0.25, 0.3) is 27.9 Å². The van der Waals surface area contributed by atoms with Crippen LogP contribution in [-0.2, 0) is 4.79 Å². The Morgan fingerprint density at radius 2 is 1.70 bits per heavy atom. The number of nitro groups is 1. The predicted octanol–water partition coefficient (Wildman–Crippen LogP) is 5.72. The van der Waals surface area contributed by atoms with Crippen LogP contribution in [0.3, 0.4) is 0 Å². The van der Waals surface area contributed by atoms with E-state index in [0.29, 0.717) is 56.2 Å². The monoisotopic (exact) mass is 558 g/mol. The highest BCUT2D eigenvalue weighted by molar-refractivity contribution is 7.99. The summed E-state index contributed by atoms with van der Waals surface area (Å²) in [4.78, 5) is 32.9. The number of nitrogens with one attached hydrogen (secondary N) is 1. The number of fused-ring (bicyclic) bond motifs is 3. The number of hydrogen-bond acceptors (Lipinski definition) is 9. The molecule has 0 spiro atoms. The van der Waals surface area contributed by atoms with Gasteiger partial charge in [0.25, 0.3) is 5.69 Å². The molecule has 1 N–H and O–H groups in total. The lowest BCUT2D eigenvalue weighted by molar-refractivity contribution is -0.384. The molecule has 40 heavy (non-hydrogen) atoms. The van der Waals surface area contributed by atoms with Crippen LogP contribution in [0.5, 0.6) is 11.5 Å². The molecule has 0 unspecified atom stereocenters. The van der Waals surface area contributed by atoms with Crippen LogP contribution >= 0.6 is 11.8 Å². The first-order chi connectivity index (χ1) is 19.3. The Hall–Kier alpha value is -4.71. The molecular formula is C28H26N6O5S. The molecule has 5 aromatic rings. The van der Waals surface area contributed by atoms with Crippen molar-refractivity contribution in [3.8, 4) is 22.9 Å². The Kier molecular flexibility index (Phi) is 7.52. The van der Waals surface area contributed by atoms with E-state index in [-0.39, 0.29) is 17.3 Å². The molecule has 2 aromatic heterocycles. The van der Waals surface area contributed by atoms with E-state index in [0.717, 1.165) is 0 Å². The number of ether oxygens (including phenoxy) is 2. The van der Waals surface area contributed by atoms with Crippen molar-refractivity contribution in [3.05, 3.63) is 76.3 Å². The Bertz CT molecular complexity index is 1720. The van der Waals surface area contributed by atoms with E-state index in [1.807, 2.05) is 24.3 Å².